The number of thioether (sulfide) groups is 1. The standard InChI is InChI=1S/C19H20N4O3S/c1-23-18(17(25)13-6-4-3-5-7-13)21-22-19(23)27-12-16(24)20-14-8-10-15(26-2)11-9-14/h3-11,17,25H,12H2,1-2H3,(H,20,24)/t17-/m0/s1. The Bertz CT molecular complexity index is 897. The van der Waals surface area contributed by atoms with Gasteiger partial charge in [-0.3, -0.25) is 4.79 Å². The van der Waals surface area contributed by atoms with Crippen LogP contribution in [0, 0.1) is 0 Å². The predicted molar refractivity (Wildman–Crippen MR) is 104 cm³/mol. The Morgan fingerprint density at radius 1 is 1.19 bits per heavy atom. The van der Waals surface area contributed by atoms with Crippen molar-refractivity contribution in [2.75, 3.05) is 18.2 Å². The molecule has 140 valence electrons. The third-order valence-corrected chi connectivity index (χ3v) is 4.95. The molecule has 8 heteroatoms. The molecule has 0 saturated heterocycles. The zero-order valence-corrected chi connectivity index (χ0v) is 15.8. The van der Waals surface area contributed by atoms with E-state index in [1.807, 2.05) is 30.3 Å². The summed E-state index contributed by atoms with van der Waals surface area (Å²) in [5.74, 6) is 1.18. The number of hydrogen-bond acceptors (Lipinski definition) is 6. The molecule has 3 aromatic rings. The minimum atomic E-state index is -0.869. The zero-order valence-electron chi connectivity index (χ0n) is 15.0. The summed E-state index contributed by atoms with van der Waals surface area (Å²) in [5.41, 5.74) is 1.43. The number of aliphatic hydroxyl groups excluding tert-OH is 1. The highest BCUT2D eigenvalue weighted by atomic mass is 32.2. The Hall–Kier alpha value is -2.84. The molecule has 3 rings (SSSR count). The fourth-order valence-corrected chi connectivity index (χ4v) is 3.19. The van der Waals surface area contributed by atoms with Crippen molar-refractivity contribution in [3.8, 4) is 5.75 Å². The first-order valence-corrected chi connectivity index (χ1v) is 9.26. The number of carbonyl (C=O) groups is 1. The number of anilines is 1. The quantitative estimate of drug-likeness (QED) is 0.609. The molecule has 0 radical (unpaired) electrons. The number of amides is 1. The summed E-state index contributed by atoms with van der Waals surface area (Å²) in [6, 6.07) is 16.4. The number of carbonyl (C=O) groups excluding carboxylic acids is 1. The van der Waals surface area contributed by atoms with Gasteiger partial charge >= 0.3 is 0 Å². The molecule has 2 aromatic carbocycles. The van der Waals surface area contributed by atoms with E-state index in [1.165, 1.54) is 11.8 Å². The van der Waals surface area contributed by atoms with Gasteiger partial charge in [-0.1, -0.05) is 42.1 Å². The number of benzene rings is 2. The first kappa shape index (κ1) is 18.9. The van der Waals surface area contributed by atoms with Gasteiger partial charge in [0.25, 0.3) is 0 Å². The fourth-order valence-electron chi connectivity index (χ4n) is 2.48. The molecule has 0 unspecified atom stereocenters. The van der Waals surface area contributed by atoms with E-state index >= 15 is 0 Å². The number of nitrogens with one attached hydrogen (secondary N) is 1. The van der Waals surface area contributed by atoms with Crippen molar-refractivity contribution in [2.24, 2.45) is 7.05 Å². The normalized spacial score (nSPS) is 11.8. The molecular formula is C19H20N4O3S. The molecule has 0 bridgehead atoms. The SMILES string of the molecule is COc1ccc(NC(=O)CSc2nnc([C@@H](O)c3ccccc3)n2C)cc1. The number of hydrogen-bond donors (Lipinski definition) is 2. The Balaban J connectivity index is 1.59. The van der Waals surface area contributed by atoms with Gasteiger partial charge in [-0.25, -0.2) is 0 Å². The van der Waals surface area contributed by atoms with Gasteiger partial charge in [0.1, 0.15) is 11.9 Å². The van der Waals surface area contributed by atoms with Gasteiger partial charge in [-0.05, 0) is 29.8 Å². The number of ether oxygens (including phenoxy) is 1. The van der Waals surface area contributed by atoms with Gasteiger partial charge in [0.05, 0.1) is 12.9 Å². The van der Waals surface area contributed by atoms with Gasteiger partial charge < -0.3 is 19.7 Å². The average molecular weight is 384 g/mol. The third-order valence-electron chi connectivity index (χ3n) is 3.93. The van der Waals surface area contributed by atoms with Crippen LogP contribution in [0.25, 0.3) is 0 Å². The Morgan fingerprint density at radius 3 is 2.56 bits per heavy atom. The van der Waals surface area contributed by atoms with Crippen LogP contribution in [0.2, 0.25) is 0 Å². The van der Waals surface area contributed by atoms with Crippen molar-refractivity contribution in [1.29, 1.82) is 0 Å². The molecule has 1 amide bonds. The van der Waals surface area contributed by atoms with E-state index in [2.05, 4.69) is 15.5 Å². The summed E-state index contributed by atoms with van der Waals surface area (Å²) >= 11 is 1.26. The summed E-state index contributed by atoms with van der Waals surface area (Å²) in [7, 11) is 3.36. The van der Waals surface area contributed by atoms with E-state index in [1.54, 1.807) is 43.0 Å². The Morgan fingerprint density at radius 2 is 1.89 bits per heavy atom. The first-order valence-electron chi connectivity index (χ1n) is 8.27. The van der Waals surface area contributed by atoms with Crippen molar-refractivity contribution in [3.63, 3.8) is 0 Å². The molecule has 0 spiro atoms. The largest absolute Gasteiger partial charge is 0.497 e. The van der Waals surface area contributed by atoms with Gasteiger partial charge in [0, 0.05) is 12.7 Å². The summed E-state index contributed by atoms with van der Waals surface area (Å²) in [6.07, 6.45) is -0.869. The molecule has 0 aliphatic rings. The van der Waals surface area contributed by atoms with Crippen LogP contribution in [-0.4, -0.2) is 38.6 Å². The molecule has 0 saturated carbocycles. The van der Waals surface area contributed by atoms with Gasteiger partial charge in [0.2, 0.25) is 5.91 Å². The van der Waals surface area contributed by atoms with Crippen LogP contribution in [0.15, 0.2) is 59.8 Å². The predicted octanol–water partition coefficient (Wildman–Crippen LogP) is 2.64. The fraction of sp³-hybridized carbons (Fsp3) is 0.211. The van der Waals surface area contributed by atoms with E-state index in [0.29, 0.717) is 16.7 Å². The second-order valence-electron chi connectivity index (χ2n) is 5.78. The molecular weight excluding hydrogens is 364 g/mol. The number of aromatic nitrogens is 3. The van der Waals surface area contributed by atoms with Crippen molar-refractivity contribution >= 4 is 23.4 Å². The molecule has 0 fully saturated rings. The van der Waals surface area contributed by atoms with E-state index < -0.39 is 6.10 Å². The van der Waals surface area contributed by atoms with Crippen molar-refractivity contribution in [2.45, 2.75) is 11.3 Å². The second-order valence-corrected chi connectivity index (χ2v) is 6.72. The topological polar surface area (TPSA) is 89.3 Å². The van der Waals surface area contributed by atoms with Crippen LogP contribution in [0.5, 0.6) is 5.75 Å². The summed E-state index contributed by atoms with van der Waals surface area (Å²) < 4.78 is 6.79. The highest BCUT2D eigenvalue weighted by molar-refractivity contribution is 7.99. The second kappa shape index (κ2) is 8.70. The lowest BCUT2D eigenvalue weighted by molar-refractivity contribution is -0.113. The molecule has 1 heterocycles. The number of aliphatic hydroxyl groups is 1. The Kier molecular flexibility index (Phi) is 6.10. The molecule has 0 aliphatic carbocycles. The first-order chi connectivity index (χ1) is 13.1. The van der Waals surface area contributed by atoms with Crippen LogP contribution < -0.4 is 10.1 Å². The third kappa shape index (κ3) is 4.66. The van der Waals surface area contributed by atoms with Crippen LogP contribution in [0.4, 0.5) is 5.69 Å². The van der Waals surface area contributed by atoms with Crippen molar-refractivity contribution < 1.29 is 14.6 Å². The Labute approximate surface area is 161 Å². The maximum atomic E-state index is 12.1. The highest BCUT2D eigenvalue weighted by Crippen LogP contribution is 2.24. The zero-order chi connectivity index (χ0) is 19.2. The number of rotatable bonds is 7. The lowest BCUT2D eigenvalue weighted by Gasteiger charge is -2.10. The van der Waals surface area contributed by atoms with Crippen LogP contribution in [0.3, 0.4) is 0 Å². The summed E-state index contributed by atoms with van der Waals surface area (Å²) in [4.78, 5) is 12.1. The maximum absolute atomic E-state index is 12.1. The average Bonchev–Trinajstić information content (AvgIpc) is 3.07. The molecule has 2 N–H and O–H groups in total. The van der Waals surface area contributed by atoms with E-state index in [9.17, 15) is 9.90 Å². The molecule has 27 heavy (non-hydrogen) atoms. The number of methoxy groups -OCH3 is 1. The lowest BCUT2D eigenvalue weighted by Crippen LogP contribution is -2.14. The van der Waals surface area contributed by atoms with Gasteiger partial charge in [0.15, 0.2) is 11.0 Å². The molecule has 7 nitrogen and oxygen atoms in total. The molecule has 1 atom stereocenters. The maximum Gasteiger partial charge on any atom is 0.234 e. The van der Waals surface area contributed by atoms with E-state index in [0.717, 1.165) is 11.3 Å². The van der Waals surface area contributed by atoms with Crippen molar-refractivity contribution in [3.05, 3.63) is 66.0 Å². The minimum absolute atomic E-state index is 0.154. The smallest absolute Gasteiger partial charge is 0.234 e. The molecule has 0 aliphatic heterocycles. The van der Waals surface area contributed by atoms with E-state index in [4.69, 9.17) is 4.74 Å². The van der Waals surface area contributed by atoms with Crippen molar-refractivity contribution in [1.82, 2.24) is 14.8 Å². The van der Waals surface area contributed by atoms with Gasteiger partial charge in [-0.15, -0.1) is 10.2 Å². The highest BCUT2D eigenvalue weighted by Gasteiger charge is 2.19. The lowest BCUT2D eigenvalue weighted by atomic mass is 10.1. The van der Waals surface area contributed by atoms with Crippen LogP contribution in [0.1, 0.15) is 17.5 Å². The van der Waals surface area contributed by atoms with Gasteiger partial charge in [-0.2, -0.15) is 0 Å². The monoisotopic (exact) mass is 384 g/mol. The number of nitrogens with zero attached hydrogens (tertiary/aromatic N) is 3. The summed E-state index contributed by atoms with van der Waals surface area (Å²) in [5, 5.41) is 22.0. The van der Waals surface area contributed by atoms with Crippen LogP contribution in [-0.2, 0) is 11.8 Å². The van der Waals surface area contributed by atoms with Crippen LogP contribution >= 0.6 is 11.8 Å². The molecule has 1 aromatic heterocycles. The summed E-state index contributed by atoms with van der Waals surface area (Å²) in [6.45, 7) is 0. The van der Waals surface area contributed by atoms with E-state index in [-0.39, 0.29) is 11.7 Å². The minimum Gasteiger partial charge on any atom is -0.497 e.